The summed E-state index contributed by atoms with van der Waals surface area (Å²) >= 11 is 0. The van der Waals surface area contributed by atoms with Gasteiger partial charge in [-0.1, -0.05) is 23.8 Å². The molecule has 3 rings (SSSR count). The van der Waals surface area contributed by atoms with Gasteiger partial charge in [-0.2, -0.15) is 0 Å². The molecule has 6 nitrogen and oxygen atoms in total. The van der Waals surface area contributed by atoms with Crippen molar-refractivity contribution < 1.29 is 19.1 Å². The number of nitrogens with zero attached hydrogens (tertiary/aromatic N) is 1. The van der Waals surface area contributed by atoms with E-state index in [0.717, 1.165) is 33.8 Å². The number of Topliss-reactive ketones (excluding diaryl/α,β-unsaturated/α-hetero) is 1. The van der Waals surface area contributed by atoms with E-state index >= 15 is 0 Å². The lowest BCUT2D eigenvalue weighted by Crippen LogP contribution is -2.31. The van der Waals surface area contributed by atoms with Gasteiger partial charge in [0.2, 0.25) is 5.78 Å². The topological polar surface area (TPSA) is 77.4 Å². The fourth-order valence-electron chi connectivity index (χ4n) is 3.76. The zero-order valence-electron chi connectivity index (χ0n) is 19.1. The van der Waals surface area contributed by atoms with Gasteiger partial charge >= 0.3 is 5.97 Å². The number of carbonyl (C=O) groups excluding carboxylic acids is 3. The van der Waals surface area contributed by atoms with E-state index in [1.807, 2.05) is 57.4 Å². The summed E-state index contributed by atoms with van der Waals surface area (Å²) in [5.74, 6) is -1.32. The van der Waals surface area contributed by atoms with Crippen LogP contribution in [-0.4, -0.2) is 35.4 Å². The van der Waals surface area contributed by atoms with E-state index < -0.39 is 5.97 Å². The van der Waals surface area contributed by atoms with Crippen LogP contribution in [0.2, 0.25) is 0 Å². The van der Waals surface area contributed by atoms with Crippen LogP contribution in [0.1, 0.15) is 48.8 Å². The minimum atomic E-state index is -0.665. The fourth-order valence-corrected chi connectivity index (χ4v) is 3.76. The first-order chi connectivity index (χ1) is 15.2. The molecule has 3 aromatic rings. The lowest BCUT2D eigenvalue weighted by molar-refractivity contribution is -0.141. The second-order valence-corrected chi connectivity index (χ2v) is 8.10. The molecule has 0 radical (unpaired) electrons. The third-order valence-corrected chi connectivity index (χ3v) is 5.27. The first-order valence-corrected chi connectivity index (χ1v) is 10.5. The Bertz CT molecular complexity index is 1150. The SMILES string of the molecule is Cc1ccc(C(=O)NCC(=O)OCC(=O)c2cc(C)n(-c3cc(C)cc(C)c3)c2C)cc1. The third kappa shape index (κ3) is 5.32. The van der Waals surface area contributed by atoms with E-state index in [1.54, 1.807) is 12.1 Å². The van der Waals surface area contributed by atoms with Crippen LogP contribution in [-0.2, 0) is 9.53 Å². The van der Waals surface area contributed by atoms with Gasteiger partial charge in [0.15, 0.2) is 6.61 Å². The minimum Gasteiger partial charge on any atom is -0.456 e. The van der Waals surface area contributed by atoms with Crippen LogP contribution < -0.4 is 5.32 Å². The molecule has 1 amide bonds. The standard InChI is InChI=1S/C26H28N2O4/c1-16-6-8-21(9-7-16)26(31)27-14-25(30)32-15-24(29)23-13-19(4)28(20(23)5)22-11-17(2)10-18(3)12-22/h6-13H,14-15H2,1-5H3,(H,27,31). The summed E-state index contributed by atoms with van der Waals surface area (Å²) in [6.45, 7) is 9.13. The zero-order valence-corrected chi connectivity index (χ0v) is 19.1. The maximum Gasteiger partial charge on any atom is 0.325 e. The summed E-state index contributed by atoms with van der Waals surface area (Å²) in [6, 6.07) is 15.1. The van der Waals surface area contributed by atoms with Crippen LogP contribution in [0.3, 0.4) is 0 Å². The van der Waals surface area contributed by atoms with E-state index in [1.165, 1.54) is 0 Å². The van der Waals surface area contributed by atoms with Gasteiger partial charge in [-0.05, 0) is 76.1 Å². The Morgan fingerprint density at radius 3 is 2.09 bits per heavy atom. The highest BCUT2D eigenvalue weighted by molar-refractivity contribution is 6.00. The van der Waals surface area contributed by atoms with Gasteiger partial charge in [-0.3, -0.25) is 14.4 Å². The van der Waals surface area contributed by atoms with Crippen LogP contribution in [0, 0.1) is 34.6 Å². The number of ketones is 1. The van der Waals surface area contributed by atoms with Gasteiger partial charge < -0.3 is 14.6 Å². The Morgan fingerprint density at radius 1 is 0.844 bits per heavy atom. The Labute approximate surface area is 188 Å². The molecular weight excluding hydrogens is 404 g/mol. The van der Waals surface area contributed by atoms with Gasteiger partial charge in [-0.25, -0.2) is 0 Å². The largest absolute Gasteiger partial charge is 0.456 e. The highest BCUT2D eigenvalue weighted by Gasteiger charge is 2.19. The van der Waals surface area contributed by atoms with Crippen LogP contribution in [0.15, 0.2) is 48.5 Å². The summed E-state index contributed by atoms with van der Waals surface area (Å²) in [4.78, 5) is 36.8. The molecule has 1 N–H and O–H groups in total. The van der Waals surface area contributed by atoms with Crippen LogP contribution in [0.4, 0.5) is 0 Å². The molecular formula is C26H28N2O4. The summed E-state index contributed by atoms with van der Waals surface area (Å²) in [5.41, 5.74) is 7.00. The minimum absolute atomic E-state index is 0.285. The summed E-state index contributed by atoms with van der Waals surface area (Å²) in [5, 5.41) is 2.51. The molecule has 0 saturated carbocycles. The Morgan fingerprint density at radius 2 is 1.47 bits per heavy atom. The van der Waals surface area contributed by atoms with Crippen molar-refractivity contribution in [1.29, 1.82) is 0 Å². The van der Waals surface area contributed by atoms with E-state index in [2.05, 4.69) is 23.5 Å². The normalized spacial score (nSPS) is 10.7. The monoisotopic (exact) mass is 432 g/mol. The molecule has 0 atom stereocenters. The number of nitrogens with one attached hydrogen (secondary N) is 1. The van der Waals surface area contributed by atoms with Crippen molar-refractivity contribution in [2.45, 2.75) is 34.6 Å². The maximum absolute atomic E-state index is 12.7. The van der Waals surface area contributed by atoms with E-state index in [-0.39, 0.29) is 24.8 Å². The van der Waals surface area contributed by atoms with E-state index in [9.17, 15) is 14.4 Å². The number of aromatic nitrogens is 1. The molecule has 0 aliphatic carbocycles. The number of amides is 1. The van der Waals surface area contributed by atoms with Gasteiger partial charge in [0.1, 0.15) is 6.54 Å². The predicted octanol–water partition coefficient (Wildman–Crippen LogP) is 4.18. The first-order valence-electron chi connectivity index (χ1n) is 10.5. The summed E-state index contributed by atoms with van der Waals surface area (Å²) in [6.07, 6.45) is 0. The maximum atomic E-state index is 12.7. The molecule has 0 fully saturated rings. The van der Waals surface area contributed by atoms with E-state index in [0.29, 0.717) is 11.1 Å². The second-order valence-electron chi connectivity index (χ2n) is 8.10. The van der Waals surface area contributed by atoms with Crippen molar-refractivity contribution in [3.8, 4) is 5.69 Å². The van der Waals surface area contributed by atoms with Crippen molar-refractivity contribution in [3.63, 3.8) is 0 Å². The van der Waals surface area contributed by atoms with Crippen molar-refractivity contribution in [2.75, 3.05) is 13.2 Å². The number of rotatable bonds is 7. The lowest BCUT2D eigenvalue weighted by Gasteiger charge is -2.12. The molecule has 166 valence electrons. The van der Waals surface area contributed by atoms with Crippen LogP contribution >= 0.6 is 0 Å². The molecule has 32 heavy (non-hydrogen) atoms. The lowest BCUT2D eigenvalue weighted by atomic mass is 10.1. The van der Waals surface area contributed by atoms with Crippen LogP contribution in [0.5, 0.6) is 0 Å². The third-order valence-electron chi connectivity index (χ3n) is 5.27. The van der Waals surface area contributed by atoms with Gasteiger partial charge in [0.25, 0.3) is 5.91 Å². The number of benzene rings is 2. The average Bonchev–Trinajstić information content (AvgIpc) is 3.04. The fraction of sp³-hybridized carbons (Fsp3) is 0.269. The summed E-state index contributed by atoms with van der Waals surface area (Å²) in [7, 11) is 0. The van der Waals surface area contributed by atoms with Gasteiger partial charge in [0, 0.05) is 28.2 Å². The Balaban J connectivity index is 1.61. The molecule has 1 aromatic heterocycles. The molecule has 0 unspecified atom stereocenters. The second kappa shape index (κ2) is 9.64. The number of carbonyl (C=O) groups is 3. The first kappa shape index (κ1) is 23.0. The van der Waals surface area contributed by atoms with Gasteiger partial charge in [-0.15, -0.1) is 0 Å². The molecule has 0 bridgehead atoms. The molecule has 0 aliphatic rings. The number of aryl methyl sites for hydroxylation is 4. The predicted molar refractivity (Wildman–Crippen MR) is 124 cm³/mol. The smallest absolute Gasteiger partial charge is 0.325 e. The molecule has 2 aromatic carbocycles. The molecule has 0 saturated heterocycles. The molecule has 0 aliphatic heterocycles. The number of hydrogen-bond donors (Lipinski definition) is 1. The highest BCUT2D eigenvalue weighted by Crippen LogP contribution is 2.23. The number of ether oxygens (including phenoxy) is 1. The Kier molecular flexibility index (Phi) is 6.93. The van der Waals surface area contributed by atoms with Crippen molar-refractivity contribution >= 4 is 17.7 Å². The molecule has 6 heteroatoms. The van der Waals surface area contributed by atoms with Gasteiger partial charge in [0.05, 0.1) is 0 Å². The average molecular weight is 433 g/mol. The van der Waals surface area contributed by atoms with E-state index in [4.69, 9.17) is 4.74 Å². The van der Waals surface area contributed by atoms with Crippen molar-refractivity contribution in [3.05, 3.63) is 87.7 Å². The van der Waals surface area contributed by atoms with Crippen molar-refractivity contribution in [1.82, 2.24) is 9.88 Å². The quantitative estimate of drug-likeness (QED) is 0.449. The number of hydrogen-bond acceptors (Lipinski definition) is 4. The number of esters is 1. The molecule has 1 heterocycles. The molecule has 0 spiro atoms. The van der Waals surface area contributed by atoms with Crippen molar-refractivity contribution in [2.24, 2.45) is 0 Å². The van der Waals surface area contributed by atoms with Crippen LogP contribution in [0.25, 0.3) is 5.69 Å². The zero-order chi connectivity index (χ0) is 23.4. The highest BCUT2D eigenvalue weighted by atomic mass is 16.5. The Hall–Kier alpha value is -3.67. The summed E-state index contributed by atoms with van der Waals surface area (Å²) < 4.78 is 7.12.